The van der Waals surface area contributed by atoms with Gasteiger partial charge in [0.1, 0.15) is 11.6 Å². The molecule has 3 aromatic rings. The Morgan fingerprint density at radius 1 is 1.04 bits per heavy atom. The zero-order valence-corrected chi connectivity index (χ0v) is 14.5. The van der Waals surface area contributed by atoms with E-state index in [0.29, 0.717) is 17.0 Å². The molecule has 1 atom stereocenters. The van der Waals surface area contributed by atoms with Crippen molar-refractivity contribution < 1.29 is 4.74 Å². The van der Waals surface area contributed by atoms with Crippen LogP contribution < -0.4 is 10.5 Å². The van der Waals surface area contributed by atoms with Crippen LogP contribution in [0.25, 0.3) is 5.69 Å². The maximum absolute atomic E-state index is 9.69. The van der Waals surface area contributed by atoms with E-state index >= 15 is 0 Å². The normalized spacial score (nSPS) is 15.4. The zero-order chi connectivity index (χ0) is 19.0. The minimum atomic E-state index is -0.399. The molecule has 0 amide bonds. The molecule has 6 heteroatoms. The van der Waals surface area contributed by atoms with Crippen LogP contribution in [0.4, 0.5) is 0 Å². The number of para-hydroxylation sites is 1. The largest absolute Gasteiger partial charge is 0.422 e. The van der Waals surface area contributed by atoms with Gasteiger partial charge in [0.15, 0.2) is 0 Å². The molecule has 27 heavy (non-hydrogen) atoms. The summed E-state index contributed by atoms with van der Waals surface area (Å²) < 4.78 is 7.52. The van der Waals surface area contributed by atoms with Crippen molar-refractivity contribution in [2.75, 3.05) is 0 Å². The lowest BCUT2D eigenvalue weighted by molar-refractivity contribution is 0.367. The van der Waals surface area contributed by atoms with Gasteiger partial charge in [0.2, 0.25) is 11.8 Å². The fraction of sp³-hybridized carbons (Fsp3) is 0.0952. The Bertz CT molecular complexity index is 1130. The highest BCUT2D eigenvalue weighted by atomic mass is 16.5. The van der Waals surface area contributed by atoms with Crippen LogP contribution in [-0.2, 0) is 0 Å². The molecular formula is C21H15N5O. The summed E-state index contributed by atoms with van der Waals surface area (Å²) >= 11 is 0. The number of hydrogen-bond donors (Lipinski definition) is 1. The number of fused-ring (bicyclic) bond motifs is 1. The standard InChI is InChI=1S/C21H15N5O/c1-13-18-19(15-9-7-14(11-22)8-10-15)17(12-23)20(24)27-21(18)26(25-13)16-5-3-2-4-6-16/h2-10,19H,24H2,1H3. The van der Waals surface area contributed by atoms with Gasteiger partial charge in [-0.3, -0.25) is 0 Å². The molecule has 4 rings (SSSR count). The molecule has 1 unspecified atom stereocenters. The summed E-state index contributed by atoms with van der Waals surface area (Å²) in [5.74, 6) is 0.171. The van der Waals surface area contributed by atoms with Gasteiger partial charge < -0.3 is 10.5 Å². The Hall–Kier alpha value is -4.03. The highest BCUT2D eigenvalue weighted by Crippen LogP contribution is 2.44. The molecule has 2 heterocycles. The van der Waals surface area contributed by atoms with E-state index in [-0.39, 0.29) is 5.88 Å². The molecule has 0 radical (unpaired) electrons. The van der Waals surface area contributed by atoms with Crippen molar-refractivity contribution >= 4 is 0 Å². The topological polar surface area (TPSA) is 101 Å². The average molecular weight is 353 g/mol. The van der Waals surface area contributed by atoms with Crippen LogP contribution in [0.2, 0.25) is 0 Å². The van der Waals surface area contributed by atoms with Gasteiger partial charge in [-0.25, -0.2) is 4.68 Å². The predicted molar refractivity (Wildman–Crippen MR) is 98.8 cm³/mol. The van der Waals surface area contributed by atoms with Crippen molar-refractivity contribution in [2.24, 2.45) is 5.73 Å². The maximum Gasteiger partial charge on any atom is 0.229 e. The minimum Gasteiger partial charge on any atom is -0.422 e. The highest BCUT2D eigenvalue weighted by molar-refractivity contribution is 5.57. The Balaban J connectivity index is 1.94. The van der Waals surface area contributed by atoms with Crippen molar-refractivity contribution in [2.45, 2.75) is 12.8 Å². The summed E-state index contributed by atoms with van der Waals surface area (Å²) in [6.45, 7) is 1.88. The van der Waals surface area contributed by atoms with Gasteiger partial charge >= 0.3 is 0 Å². The molecule has 0 saturated carbocycles. The predicted octanol–water partition coefficient (Wildman–Crippen LogP) is 3.27. The third kappa shape index (κ3) is 2.61. The van der Waals surface area contributed by atoms with Crippen LogP contribution in [0.3, 0.4) is 0 Å². The molecule has 1 aromatic heterocycles. The molecule has 130 valence electrons. The second-order valence-corrected chi connectivity index (χ2v) is 6.21. The van der Waals surface area contributed by atoms with Crippen LogP contribution in [0.5, 0.6) is 5.88 Å². The van der Waals surface area contributed by atoms with Crippen LogP contribution in [0.1, 0.15) is 28.3 Å². The molecule has 0 saturated heterocycles. The van der Waals surface area contributed by atoms with Crippen molar-refractivity contribution in [1.82, 2.24) is 9.78 Å². The monoisotopic (exact) mass is 353 g/mol. The van der Waals surface area contributed by atoms with Crippen LogP contribution in [0, 0.1) is 29.6 Å². The zero-order valence-electron chi connectivity index (χ0n) is 14.5. The lowest BCUT2D eigenvalue weighted by atomic mass is 9.84. The number of aryl methyl sites for hydroxylation is 1. The first kappa shape index (κ1) is 16.4. The molecule has 1 aliphatic rings. The van der Waals surface area contributed by atoms with E-state index in [9.17, 15) is 5.26 Å². The Labute approximate surface area is 156 Å². The number of nitriles is 2. The van der Waals surface area contributed by atoms with Gasteiger partial charge in [0, 0.05) is 0 Å². The molecule has 0 fully saturated rings. The minimum absolute atomic E-state index is 0.0661. The van der Waals surface area contributed by atoms with Crippen LogP contribution >= 0.6 is 0 Å². The lowest BCUT2D eigenvalue weighted by Crippen LogP contribution is -2.22. The quantitative estimate of drug-likeness (QED) is 0.762. The van der Waals surface area contributed by atoms with E-state index in [4.69, 9.17) is 15.7 Å². The van der Waals surface area contributed by atoms with Crippen LogP contribution in [-0.4, -0.2) is 9.78 Å². The molecule has 1 aliphatic heterocycles. The highest BCUT2D eigenvalue weighted by Gasteiger charge is 2.36. The van der Waals surface area contributed by atoms with E-state index in [0.717, 1.165) is 22.5 Å². The summed E-state index contributed by atoms with van der Waals surface area (Å²) in [4.78, 5) is 0. The van der Waals surface area contributed by atoms with Gasteiger partial charge in [0.05, 0.1) is 34.5 Å². The molecular weight excluding hydrogens is 338 g/mol. The molecule has 6 nitrogen and oxygen atoms in total. The smallest absolute Gasteiger partial charge is 0.229 e. The van der Waals surface area contributed by atoms with Gasteiger partial charge in [-0.15, -0.1) is 0 Å². The van der Waals surface area contributed by atoms with E-state index < -0.39 is 5.92 Å². The number of rotatable bonds is 2. The van der Waals surface area contributed by atoms with Crippen LogP contribution in [0.15, 0.2) is 66.1 Å². The van der Waals surface area contributed by atoms with Crippen molar-refractivity contribution in [3.05, 3.63) is 88.4 Å². The lowest BCUT2D eigenvalue weighted by Gasteiger charge is -2.24. The molecule has 0 aliphatic carbocycles. The van der Waals surface area contributed by atoms with E-state index in [1.165, 1.54) is 0 Å². The van der Waals surface area contributed by atoms with E-state index in [2.05, 4.69) is 17.2 Å². The van der Waals surface area contributed by atoms with Crippen molar-refractivity contribution in [3.63, 3.8) is 0 Å². The molecule has 2 N–H and O–H groups in total. The number of benzene rings is 2. The Kier molecular flexibility index (Phi) is 3.87. The Morgan fingerprint density at radius 3 is 2.37 bits per heavy atom. The fourth-order valence-corrected chi connectivity index (χ4v) is 3.34. The summed E-state index contributed by atoms with van der Waals surface area (Å²) in [6, 6.07) is 21.0. The number of ether oxygens (including phenoxy) is 1. The number of nitrogens with two attached hydrogens (primary N) is 1. The van der Waals surface area contributed by atoms with E-state index in [1.807, 2.05) is 49.4 Å². The van der Waals surface area contributed by atoms with Crippen molar-refractivity contribution in [1.29, 1.82) is 10.5 Å². The average Bonchev–Trinajstić information content (AvgIpc) is 3.03. The van der Waals surface area contributed by atoms with Gasteiger partial charge in [-0.1, -0.05) is 30.3 Å². The number of aromatic nitrogens is 2. The third-order valence-corrected chi connectivity index (χ3v) is 4.61. The van der Waals surface area contributed by atoms with E-state index in [1.54, 1.807) is 16.8 Å². The molecule has 2 aromatic carbocycles. The first-order valence-corrected chi connectivity index (χ1v) is 8.36. The number of allylic oxidation sites excluding steroid dienone is 1. The third-order valence-electron chi connectivity index (χ3n) is 4.61. The SMILES string of the molecule is Cc1nn(-c2ccccc2)c2c1C(c1ccc(C#N)cc1)C(C#N)=C(N)O2. The Morgan fingerprint density at radius 2 is 1.74 bits per heavy atom. The molecule has 0 bridgehead atoms. The summed E-state index contributed by atoms with van der Waals surface area (Å²) in [5, 5.41) is 23.4. The maximum atomic E-state index is 9.69. The second-order valence-electron chi connectivity index (χ2n) is 6.21. The first-order chi connectivity index (χ1) is 13.1. The molecule has 0 spiro atoms. The summed E-state index contributed by atoms with van der Waals surface area (Å²) in [7, 11) is 0. The number of hydrogen-bond acceptors (Lipinski definition) is 5. The first-order valence-electron chi connectivity index (χ1n) is 8.36. The van der Waals surface area contributed by atoms with Gasteiger partial charge in [-0.05, 0) is 36.8 Å². The van der Waals surface area contributed by atoms with Gasteiger partial charge in [-0.2, -0.15) is 15.6 Å². The number of nitrogens with zero attached hydrogens (tertiary/aromatic N) is 4. The summed E-state index contributed by atoms with van der Waals surface area (Å²) in [6.07, 6.45) is 0. The van der Waals surface area contributed by atoms with Gasteiger partial charge in [0.25, 0.3) is 0 Å². The summed E-state index contributed by atoms with van der Waals surface area (Å²) in [5.41, 5.74) is 10.2. The van der Waals surface area contributed by atoms with Crippen molar-refractivity contribution in [3.8, 4) is 23.7 Å². The second kappa shape index (κ2) is 6.36. The fourth-order valence-electron chi connectivity index (χ4n) is 3.34.